The lowest BCUT2D eigenvalue weighted by Crippen LogP contribution is -2.31. The lowest BCUT2D eigenvalue weighted by Gasteiger charge is -2.12. The Bertz CT molecular complexity index is 744. The minimum Gasteiger partial charge on any atom is -0.493 e. The summed E-state index contributed by atoms with van der Waals surface area (Å²) in [5, 5.41) is 5.63. The van der Waals surface area contributed by atoms with Crippen LogP contribution in [0.2, 0.25) is 0 Å². The highest BCUT2D eigenvalue weighted by Gasteiger charge is 2.10. The zero-order chi connectivity index (χ0) is 18.9. The van der Waals surface area contributed by atoms with Gasteiger partial charge in [0.05, 0.1) is 7.11 Å². The van der Waals surface area contributed by atoms with Crippen molar-refractivity contribution in [1.82, 2.24) is 5.32 Å². The molecule has 0 aromatic heterocycles. The Labute approximate surface area is 153 Å². The van der Waals surface area contributed by atoms with Crippen LogP contribution in [0.3, 0.4) is 0 Å². The summed E-state index contributed by atoms with van der Waals surface area (Å²) in [6.45, 7) is 3.82. The van der Waals surface area contributed by atoms with Crippen LogP contribution in [-0.4, -0.2) is 31.6 Å². The second-order valence-electron chi connectivity index (χ2n) is 5.85. The number of carbonyl (C=O) groups excluding carboxylic acids is 2. The first-order valence-corrected chi connectivity index (χ1v) is 8.50. The van der Waals surface area contributed by atoms with Crippen LogP contribution in [0.5, 0.6) is 11.5 Å². The van der Waals surface area contributed by atoms with Crippen LogP contribution in [0.15, 0.2) is 48.5 Å². The fourth-order valence-electron chi connectivity index (χ4n) is 2.19. The van der Waals surface area contributed by atoms with Crippen molar-refractivity contribution in [3.63, 3.8) is 0 Å². The lowest BCUT2D eigenvalue weighted by atomic mass is 10.1. The van der Waals surface area contributed by atoms with Crippen LogP contribution in [0.25, 0.3) is 0 Å². The van der Waals surface area contributed by atoms with Crippen LogP contribution in [0, 0.1) is 0 Å². The van der Waals surface area contributed by atoms with Gasteiger partial charge >= 0.3 is 0 Å². The maximum absolute atomic E-state index is 12.0. The van der Waals surface area contributed by atoms with Crippen molar-refractivity contribution in [2.75, 3.05) is 19.0 Å². The van der Waals surface area contributed by atoms with Gasteiger partial charge in [-0.25, -0.2) is 0 Å². The Morgan fingerprint density at radius 3 is 2.31 bits per heavy atom. The van der Waals surface area contributed by atoms with Crippen molar-refractivity contribution in [1.29, 1.82) is 0 Å². The molecule has 2 amide bonds. The summed E-state index contributed by atoms with van der Waals surface area (Å²) in [4.78, 5) is 24.1. The van der Waals surface area contributed by atoms with Crippen LogP contribution in [0.4, 0.5) is 5.69 Å². The van der Waals surface area contributed by atoms with E-state index in [9.17, 15) is 9.59 Å². The number of hydrogen-bond acceptors (Lipinski definition) is 4. The molecule has 0 fully saturated rings. The van der Waals surface area contributed by atoms with Gasteiger partial charge in [-0.1, -0.05) is 19.1 Å². The van der Waals surface area contributed by atoms with Crippen LogP contribution in [0.1, 0.15) is 30.6 Å². The number of hydrogen-bond donors (Lipinski definition) is 2. The molecule has 0 spiro atoms. The van der Waals surface area contributed by atoms with Crippen molar-refractivity contribution in [2.24, 2.45) is 0 Å². The molecular formula is C20H24N2O4. The number of anilines is 1. The number of amides is 2. The molecule has 0 aliphatic heterocycles. The largest absolute Gasteiger partial charge is 0.493 e. The molecule has 26 heavy (non-hydrogen) atoms. The van der Waals surface area contributed by atoms with E-state index in [0.29, 0.717) is 22.7 Å². The van der Waals surface area contributed by atoms with E-state index in [1.54, 1.807) is 49.6 Å². The number of methoxy groups -OCH3 is 1. The van der Waals surface area contributed by atoms with Gasteiger partial charge in [-0.3, -0.25) is 9.59 Å². The highest BCUT2D eigenvalue weighted by Crippen LogP contribution is 2.25. The van der Waals surface area contributed by atoms with Gasteiger partial charge in [0.2, 0.25) is 0 Å². The minimum absolute atomic E-state index is 0.119. The molecule has 2 rings (SSSR count). The fourth-order valence-corrected chi connectivity index (χ4v) is 2.19. The van der Waals surface area contributed by atoms with E-state index in [1.807, 2.05) is 19.9 Å². The summed E-state index contributed by atoms with van der Waals surface area (Å²) in [7, 11) is 1.54. The summed E-state index contributed by atoms with van der Waals surface area (Å²) in [5.74, 6) is 0.642. The van der Waals surface area contributed by atoms with Gasteiger partial charge < -0.3 is 20.1 Å². The standard InChI is InChI=1S/C20H24N2O4/c1-4-14(2)21-20(24)15-9-11-16(12-10-15)22-19(23)13-26-18-8-6-5-7-17(18)25-3/h5-12,14H,4,13H2,1-3H3,(H,21,24)(H,22,23). The van der Waals surface area contributed by atoms with E-state index in [0.717, 1.165) is 6.42 Å². The molecule has 0 saturated carbocycles. The second-order valence-corrected chi connectivity index (χ2v) is 5.85. The van der Waals surface area contributed by atoms with E-state index >= 15 is 0 Å². The van der Waals surface area contributed by atoms with Crippen molar-refractivity contribution in [3.8, 4) is 11.5 Å². The number of carbonyl (C=O) groups is 2. The number of rotatable bonds is 8. The zero-order valence-electron chi connectivity index (χ0n) is 15.2. The normalized spacial score (nSPS) is 11.3. The van der Waals surface area contributed by atoms with Crippen molar-refractivity contribution >= 4 is 17.5 Å². The maximum atomic E-state index is 12.0. The van der Waals surface area contributed by atoms with E-state index in [2.05, 4.69) is 10.6 Å². The summed E-state index contributed by atoms with van der Waals surface area (Å²) in [6.07, 6.45) is 0.867. The SMILES string of the molecule is CCC(C)NC(=O)c1ccc(NC(=O)COc2ccccc2OC)cc1. The van der Waals surface area contributed by atoms with Crippen LogP contribution in [-0.2, 0) is 4.79 Å². The Morgan fingerprint density at radius 1 is 1.04 bits per heavy atom. The van der Waals surface area contributed by atoms with E-state index in [-0.39, 0.29) is 24.5 Å². The quantitative estimate of drug-likeness (QED) is 0.761. The Kier molecular flexibility index (Phi) is 7.02. The molecule has 1 unspecified atom stereocenters. The van der Waals surface area contributed by atoms with Crippen molar-refractivity contribution in [3.05, 3.63) is 54.1 Å². The third kappa shape index (κ3) is 5.51. The van der Waals surface area contributed by atoms with Crippen LogP contribution >= 0.6 is 0 Å². The molecule has 6 nitrogen and oxygen atoms in total. The molecule has 138 valence electrons. The average molecular weight is 356 g/mol. The van der Waals surface area contributed by atoms with Crippen LogP contribution < -0.4 is 20.1 Å². The molecular weight excluding hydrogens is 332 g/mol. The Hall–Kier alpha value is -3.02. The van der Waals surface area contributed by atoms with E-state index < -0.39 is 0 Å². The second kappa shape index (κ2) is 9.46. The molecule has 0 aliphatic rings. The number of nitrogens with one attached hydrogen (secondary N) is 2. The monoisotopic (exact) mass is 356 g/mol. The minimum atomic E-state index is -0.298. The summed E-state index contributed by atoms with van der Waals surface area (Å²) in [6, 6.07) is 14.0. The van der Waals surface area contributed by atoms with Crippen molar-refractivity contribution < 1.29 is 19.1 Å². The fraction of sp³-hybridized carbons (Fsp3) is 0.300. The molecule has 0 heterocycles. The summed E-state index contributed by atoms with van der Waals surface area (Å²) >= 11 is 0. The molecule has 0 bridgehead atoms. The summed E-state index contributed by atoms with van der Waals surface area (Å²) < 4.78 is 10.7. The average Bonchev–Trinajstić information content (AvgIpc) is 2.66. The van der Waals surface area contributed by atoms with Gasteiger partial charge in [0, 0.05) is 17.3 Å². The first-order valence-electron chi connectivity index (χ1n) is 8.50. The van der Waals surface area contributed by atoms with Gasteiger partial charge in [-0.2, -0.15) is 0 Å². The highest BCUT2D eigenvalue weighted by molar-refractivity contribution is 5.96. The topological polar surface area (TPSA) is 76.7 Å². The Balaban J connectivity index is 1.88. The van der Waals surface area contributed by atoms with Gasteiger partial charge in [-0.15, -0.1) is 0 Å². The molecule has 6 heteroatoms. The first-order chi connectivity index (χ1) is 12.5. The molecule has 2 N–H and O–H groups in total. The number of para-hydroxylation sites is 2. The van der Waals surface area contributed by atoms with Gasteiger partial charge in [-0.05, 0) is 49.7 Å². The predicted octanol–water partition coefficient (Wildman–Crippen LogP) is 3.24. The predicted molar refractivity (Wildman–Crippen MR) is 101 cm³/mol. The van der Waals surface area contributed by atoms with Crippen molar-refractivity contribution in [2.45, 2.75) is 26.3 Å². The molecule has 0 radical (unpaired) electrons. The Morgan fingerprint density at radius 2 is 1.69 bits per heavy atom. The molecule has 0 aliphatic carbocycles. The highest BCUT2D eigenvalue weighted by atomic mass is 16.5. The molecule has 2 aromatic carbocycles. The lowest BCUT2D eigenvalue weighted by molar-refractivity contribution is -0.118. The molecule has 2 aromatic rings. The zero-order valence-corrected chi connectivity index (χ0v) is 15.2. The van der Waals surface area contributed by atoms with Gasteiger partial charge in [0.25, 0.3) is 11.8 Å². The smallest absolute Gasteiger partial charge is 0.262 e. The maximum Gasteiger partial charge on any atom is 0.262 e. The van der Waals surface area contributed by atoms with Gasteiger partial charge in [0.15, 0.2) is 18.1 Å². The third-order valence-corrected chi connectivity index (χ3v) is 3.85. The van der Waals surface area contributed by atoms with E-state index in [1.165, 1.54) is 0 Å². The molecule has 1 atom stereocenters. The van der Waals surface area contributed by atoms with Gasteiger partial charge in [0.1, 0.15) is 0 Å². The third-order valence-electron chi connectivity index (χ3n) is 3.85. The number of ether oxygens (including phenoxy) is 2. The summed E-state index contributed by atoms with van der Waals surface area (Å²) in [5.41, 5.74) is 1.15. The first kappa shape index (κ1) is 19.3. The molecule has 0 saturated heterocycles. The number of benzene rings is 2. The van der Waals surface area contributed by atoms with E-state index in [4.69, 9.17) is 9.47 Å².